The number of para-hydroxylation sites is 2. The van der Waals surface area contributed by atoms with Gasteiger partial charge in [0.2, 0.25) is 0 Å². The Morgan fingerprint density at radius 3 is 2.52 bits per heavy atom. The van der Waals surface area contributed by atoms with Gasteiger partial charge in [0, 0.05) is 11.4 Å². The van der Waals surface area contributed by atoms with Crippen LogP contribution < -0.4 is 20.5 Å². The van der Waals surface area contributed by atoms with E-state index in [-0.39, 0.29) is 5.91 Å². The van der Waals surface area contributed by atoms with E-state index in [0.29, 0.717) is 22.9 Å². The van der Waals surface area contributed by atoms with Crippen molar-refractivity contribution < 1.29 is 14.3 Å². The first-order valence-electron chi connectivity index (χ1n) is 6.56. The maximum atomic E-state index is 12.1. The second-order valence-electron chi connectivity index (χ2n) is 4.53. The van der Waals surface area contributed by atoms with Crippen molar-refractivity contribution in [1.29, 1.82) is 0 Å². The Morgan fingerprint density at radius 1 is 1.14 bits per heavy atom. The average Bonchev–Trinajstić information content (AvgIpc) is 2.47. The van der Waals surface area contributed by atoms with Crippen LogP contribution in [-0.4, -0.2) is 19.1 Å². The Balaban J connectivity index is 2.02. The number of ether oxygens (including phenoxy) is 2. The molecule has 2 aromatic rings. The van der Waals surface area contributed by atoms with Crippen molar-refractivity contribution in [2.75, 3.05) is 18.2 Å². The van der Waals surface area contributed by atoms with E-state index in [1.54, 1.807) is 50.4 Å². The molecule has 3 N–H and O–H groups in total. The van der Waals surface area contributed by atoms with Gasteiger partial charge in [-0.05, 0) is 37.3 Å². The maximum Gasteiger partial charge on any atom is 0.265 e. The summed E-state index contributed by atoms with van der Waals surface area (Å²) < 4.78 is 10.8. The highest BCUT2D eigenvalue weighted by atomic mass is 16.5. The third-order valence-corrected chi connectivity index (χ3v) is 2.90. The molecule has 0 fully saturated rings. The number of carbonyl (C=O) groups excluding carboxylic acids is 1. The van der Waals surface area contributed by atoms with Crippen molar-refractivity contribution in [3.8, 4) is 11.5 Å². The number of hydrogen-bond acceptors (Lipinski definition) is 4. The van der Waals surface area contributed by atoms with E-state index in [1.165, 1.54) is 0 Å². The predicted octanol–water partition coefficient (Wildman–Crippen LogP) is 2.68. The molecule has 1 unspecified atom stereocenters. The number of methoxy groups -OCH3 is 1. The Hall–Kier alpha value is -2.69. The molecule has 2 rings (SSSR count). The molecule has 0 spiro atoms. The summed E-state index contributed by atoms with van der Waals surface area (Å²) in [6.07, 6.45) is -0.664. The third kappa shape index (κ3) is 3.89. The van der Waals surface area contributed by atoms with Gasteiger partial charge in [-0.15, -0.1) is 0 Å². The van der Waals surface area contributed by atoms with Crippen molar-refractivity contribution in [3.05, 3.63) is 48.5 Å². The van der Waals surface area contributed by atoms with Gasteiger partial charge in [-0.25, -0.2) is 0 Å². The van der Waals surface area contributed by atoms with Gasteiger partial charge in [0.25, 0.3) is 5.91 Å². The van der Waals surface area contributed by atoms with E-state index in [0.717, 1.165) is 0 Å². The van der Waals surface area contributed by atoms with Crippen LogP contribution in [0.3, 0.4) is 0 Å². The summed E-state index contributed by atoms with van der Waals surface area (Å²) in [5.41, 5.74) is 6.90. The van der Waals surface area contributed by atoms with Crippen LogP contribution in [-0.2, 0) is 4.79 Å². The largest absolute Gasteiger partial charge is 0.493 e. The molecule has 0 heterocycles. The first-order chi connectivity index (χ1) is 10.1. The molecule has 1 atom stereocenters. The molecular formula is C16H18N2O3. The minimum absolute atomic E-state index is 0.258. The molecule has 1 amide bonds. The van der Waals surface area contributed by atoms with Crippen LogP contribution >= 0.6 is 0 Å². The van der Waals surface area contributed by atoms with Gasteiger partial charge in [-0.2, -0.15) is 0 Å². The first kappa shape index (κ1) is 14.7. The monoisotopic (exact) mass is 286 g/mol. The SMILES string of the molecule is COc1ccccc1OC(C)C(=O)Nc1cccc(N)c1. The van der Waals surface area contributed by atoms with Gasteiger partial charge in [-0.3, -0.25) is 4.79 Å². The molecule has 2 aromatic carbocycles. The van der Waals surface area contributed by atoms with E-state index in [4.69, 9.17) is 15.2 Å². The van der Waals surface area contributed by atoms with Crippen molar-refractivity contribution >= 4 is 17.3 Å². The highest BCUT2D eigenvalue weighted by molar-refractivity contribution is 5.94. The summed E-state index contributed by atoms with van der Waals surface area (Å²) in [7, 11) is 1.56. The summed E-state index contributed by atoms with van der Waals surface area (Å²) >= 11 is 0. The van der Waals surface area contributed by atoms with Crippen molar-refractivity contribution in [2.45, 2.75) is 13.0 Å². The van der Waals surface area contributed by atoms with E-state index in [9.17, 15) is 4.79 Å². The number of benzene rings is 2. The fourth-order valence-corrected chi connectivity index (χ4v) is 1.82. The molecule has 5 heteroatoms. The number of hydrogen-bond donors (Lipinski definition) is 2. The third-order valence-electron chi connectivity index (χ3n) is 2.90. The zero-order chi connectivity index (χ0) is 15.2. The zero-order valence-electron chi connectivity index (χ0n) is 12.0. The van der Waals surface area contributed by atoms with Gasteiger partial charge >= 0.3 is 0 Å². The first-order valence-corrected chi connectivity index (χ1v) is 6.56. The second kappa shape index (κ2) is 6.65. The molecular weight excluding hydrogens is 268 g/mol. The van der Waals surface area contributed by atoms with Crippen LogP contribution in [0.15, 0.2) is 48.5 Å². The fraction of sp³-hybridized carbons (Fsp3) is 0.188. The van der Waals surface area contributed by atoms with Crippen LogP contribution in [0.2, 0.25) is 0 Å². The molecule has 21 heavy (non-hydrogen) atoms. The smallest absolute Gasteiger partial charge is 0.265 e. The molecule has 0 aliphatic heterocycles. The van der Waals surface area contributed by atoms with Crippen LogP contribution in [0.5, 0.6) is 11.5 Å². The van der Waals surface area contributed by atoms with Crippen LogP contribution in [0.1, 0.15) is 6.92 Å². The number of anilines is 2. The molecule has 0 aromatic heterocycles. The highest BCUT2D eigenvalue weighted by Gasteiger charge is 2.16. The minimum Gasteiger partial charge on any atom is -0.493 e. The van der Waals surface area contributed by atoms with Crippen molar-refractivity contribution in [2.24, 2.45) is 0 Å². The molecule has 110 valence electrons. The minimum atomic E-state index is -0.664. The van der Waals surface area contributed by atoms with Crippen LogP contribution in [0.4, 0.5) is 11.4 Å². The molecule has 0 saturated heterocycles. The van der Waals surface area contributed by atoms with E-state index in [1.807, 2.05) is 12.1 Å². The second-order valence-corrected chi connectivity index (χ2v) is 4.53. The van der Waals surface area contributed by atoms with Crippen molar-refractivity contribution in [1.82, 2.24) is 0 Å². The van der Waals surface area contributed by atoms with Gasteiger partial charge in [0.1, 0.15) is 0 Å². The van der Waals surface area contributed by atoms with Gasteiger partial charge in [0.15, 0.2) is 17.6 Å². The Kier molecular flexibility index (Phi) is 4.66. The molecule has 0 bridgehead atoms. The number of nitrogen functional groups attached to an aromatic ring is 1. The summed E-state index contributed by atoms with van der Waals surface area (Å²) in [6, 6.07) is 14.2. The van der Waals surface area contributed by atoms with Crippen molar-refractivity contribution in [3.63, 3.8) is 0 Å². The molecule has 5 nitrogen and oxygen atoms in total. The maximum absolute atomic E-state index is 12.1. The van der Waals surface area contributed by atoms with E-state index >= 15 is 0 Å². The average molecular weight is 286 g/mol. The Bertz CT molecular complexity index is 628. The zero-order valence-corrected chi connectivity index (χ0v) is 12.0. The fourth-order valence-electron chi connectivity index (χ4n) is 1.82. The standard InChI is InChI=1S/C16H18N2O3/c1-11(21-15-9-4-3-8-14(15)20-2)16(19)18-13-7-5-6-12(17)10-13/h3-11H,17H2,1-2H3,(H,18,19). The van der Waals surface area contributed by atoms with Crippen LogP contribution in [0.25, 0.3) is 0 Å². The lowest BCUT2D eigenvalue weighted by atomic mass is 10.2. The van der Waals surface area contributed by atoms with E-state index < -0.39 is 6.10 Å². The number of amides is 1. The summed E-state index contributed by atoms with van der Waals surface area (Å²) in [5, 5.41) is 2.76. The molecule has 0 aliphatic rings. The topological polar surface area (TPSA) is 73.6 Å². The van der Waals surface area contributed by atoms with Gasteiger partial charge in [-0.1, -0.05) is 18.2 Å². The predicted molar refractivity (Wildman–Crippen MR) is 82.6 cm³/mol. The van der Waals surface area contributed by atoms with Gasteiger partial charge < -0.3 is 20.5 Å². The normalized spacial score (nSPS) is 11.5. The number of nitrogens with one attached hydrogen (secondary N) is 1. The summed E-state index contributed by atoms with van der Waals surface area (Å²) in [6.45, 7) is 1.67. The van der Waals surface area contributed by atoms with E-state index in [2.05, 4.69) is 5.32 Å². The Labute approximate surface area is 123 Å². The lowest BCUT2D eigenvalue weighted by Gasteiger charge is -2.16. The van der Waals surface area contributed by atoms with Crippen LogP contribution in [0, 0.1) is 0 Å². The highest BCUT2D eigenvalue weighted by Crippen LogP contribution is 2.27. The number of carbonyl (C=O) groups is 1. The lowest BCUT2D eigenvalue weighted by Crippen LogP contribution is -2.30. The summed E-state index contributed by atoms with van der Waals surface area (Å²) in [4.78, 5) is 12.1. The van der Waals surface area contributed by atoms with Gasteiger partial charge in [0.05, 0.1) is 7.11 Å². The molecule has 0 saturated carbocycles. The Morgan fingerprint density at radius 2 is 1.86 bits per heavy atom. The quantitative estimate of drug-likeness (QED) is 0.829. The summed E-state index contributed by atoms with van der Waals surface area (Å²) in [5.74, 6) is 0.850. The molecule has 0 radical (unpaired) electrons. The molecule has 0 aliphatic carbocycles. The number of nitrogens with two attached hydrogens (primary N) is 1. The number of rotatable bonds is 5. The lowest BCUT2D eigenvalue weighted by molar-refractivity contribution is -0.122.